The maximum Gasteiger partial charge on any atom is 0.229 e. The van der Waals surface area contributed by atoms with Gasteiger partial charge in [-0.2, -0.15) is 0 Å². The number of nitrogens with zero attached hydrogens (tertiary/aromatic N) is 1. The number of ether oxygens (including phenoxy) is 1. The first-order chi connectivity index (χ1) is 9.28. The second-order valence-electron chi connectivity index (χ2n) is 5.38. The Balaban J connectivity index is 1.66. The van der Waals surface area contributed by atoms with Crippen molar-refractivity contribution in [1.29, 1.82) is 0 Å². The summed E-state index contributed by atoms with van der Waals surface area (Å²) >= 11 is 0. The third kappa shape index (κ3) is 2.45. The van der Waals surface area contributed by atoms with Gasteiger partial charge in [0.2, 0.25) is 5.91 Å². The molecule has 2 aliphatic heterocycles. The molecule has 19 heavy (non-hydrogen) atoms. The van der Waals surface area contributed by atoms with E-state index in [2.05, 4.69) is 11.4 Å². The summed E-state index contributed by atoms with van der Waals surface area (Å²) < 4.78 is 5.71. The largest absolute Gasteiger partial charge is 0.492 e. The molecule has 1 saturated heterocycles. The van der Waals surface area contributed by atoms with Gasteiger partial charge in [0, 0.05) is 19.1 Å². The first-order valence-electron chi connectivity index (χ1n) is 6.94. The summed E-state index contributed by atoms with van der Waals surface area (Å²) in [5.74, 6) is 1.15. The number of para-hydroxylation sites is 1. The number of fused-ring (bicyclic) bond motifs is 1. The van der Waals surface area contributed by atoms with E-state index in [0.29, 0.717) is 12.6 Å². The van der Waals surface area contributed by atoms with Crippen molar-refractivity contribution in [2.75, 3.05) is 26.7 Å². The Morgan fingerprint density at radius 1 is 1.42 bits per heavy atom. The lowest BCUT2D eigenvalue weighted by atomic mass is 9.95. The molecule has 1 N–H and O–H groups in total. The molecule has 0 aromatic heterocycles. The SMILES string of the molecule is CNC1CCN(C(=O)C2COc3ccccc3C2)C1. The van der Waals surface area contributed by atoms with Crippen LogP contribution in [0.3, 0.4) is 0 Å². The molecular formula is C15H20N2O2. The van der Waals surface area contributed by atoms with Crippen molar-refractivity contribution in [2.24, 2.45) is 5.92 Å². The molecule has 2 aliphatic rings. The zero-order valence-electron chi connectivity index (χ0n) is 11.3. The second kappa shape index (κ2) is 5.21. The Labute approximate surface area is 113 Å². The van der Waals surface area contributed by atoms with E-state index >= 15 is 0 Å². The van der Waals surface area contributed by atoms with Gasteiger partial charge >= 0.3 is 0 Å². The highest BCUT2D eigenvalue weighted by Gasteiger charge is 2.32. The van der Waals surface area contributed by atoms with Crippen molar-refractivity contribution in [3.05, 3.63) is 29.8 Å². The number of amides is 1. The predicted octanol–water partition coefficient (Wildman–Crippen LogP) is 1.06. The zero-order valence-corrected chi connectivity index (χ0v) is 11.3. The summed E-state index contributed by atoms with van der Waals surface area (Å²) in [6, 6.07) is 8.44. The zero-order chi connectivity index (χ0) is 13.2. The number of carbonyl (C=O) groups excluding carboxylic acids is 1. The van der Waals surface area contributed by atoms with Gasteiger partial charge in [0.25, 0.3) is 0 Å². The van der Waals surface area contributed by atoms with Crippen LogP contribution in [0.1, 0.15) is 12.0 Å². The lowest BCUT2D eigenvalue weighted by Gasteiger charge is -2.28. The fourth-order valence-corrected chi connectivity index (χ4v) is 2.94. The van der Waals surface area contributed by atoms with Gasteiger partial charge in [-0.3, -0.25) is 4.79 Å². The Bertz CT molecular complexity index is 475. The normalized spacial score (nSPS) is 25.8. The molecule has 1 fully saturated rings. The van der Waals surface area contributed by atoms with E-state index in [1.807, 2.05) is 30.1 Å². The number of nitrogens with one attached hydrogen (secondary N) is 1. The quantitative estimate of drug-likeness (QED) is 0.864. The molecule has 102 valence electrons. The van der Waals surface area contributed by atoms with Crippen molar-refractivity contribution in [3.63, 3.8) is 0 Å². The first kappa shape index (κ1) is 12.5. The minimum Gasteiger partial charge on any atom is -0.492 e. The number of carbonyl (C=O) groups is 1. The van der Waals surface area contributed by atoms with Crippen LogP contribution in [0.25, 0.3) is 0 Å². The molecule has 2 heterocycles. The summed E-state index contributed by atoms with van der Waals surface area (Å²) in [7, 11) is 1.96. The average molecular weight is 260 g/mol. The van der Waals surface area contributed by atoms with E-state index in [1.165, 1.54) is 0 Å². The predicted molar refractivity (Wildman–Crippen MR) is 73.2 cm³/mol. The van der Waals surface area contributed by atoms with E-state index in [4.69, 9.17) is 4.74 Å². The van der Waals surface area contributed by atoms with Crippen LogP contribution in [0.15, 0.2) is 24.3 Å². The molecular weight excluding hydrogens is 240 g/mol. The van der Waals surface area contributed by atoms with Crippen LogP contribution in [-0.2, 0) is 11.2 Å². The topological polar surface area (TPSA) is 41.6 Å². The van der Waals surface area contributed by atoms with Crippen LogP contribution in [0.5, 0.6) is 5.75 Å². The van der Waals surface area contributed by atoms with Gasteiger partial charge in [-0.25, -0.2) is 0 Å². The van der Waals surface area contributed by atoms with Crippen LogP contribution in [0.2, 0.25) is 0 Å². The molecule has 1 amide bonds. The van der Waals surface area contributed by atoms with Gasteiger partial charge in [0.1, 0.15) is 12.4 Å². The number of likely N-dealkylation sites (tertiary alicyclic amines) is 1. The molecule has 2 unspecified atom stereocenters. The third-order valence-electron chi connectivity index (χ3n) is 4.14. The molecule has 0 saturated carbocycles. The molecule has 0 radical (unpaired) electrons. The molecule has 0 bridgehead atoms. The maximum atomic E-state index is 12.5. The van der Waals surface area contributed by atoms with Gasteiger partial charge in [-0.05, 0) is 31.5 Å². The van der Waals surface area contributed by atoms with Crippen molar-refractivity contribution in [3.8, 4) is 5.75 Å². The number of hydrogen-bond acceptors (Lipinski definition) is 3. The molecule has 0 spiro atoms. The van der Waals surface area contributed by atoms with Crippen LogP contribution >= 0.6 is 0 Å². The minimum absolute atomic E-state index is 0.0227. The summed E-state index contributed by atoms with van der Waals surface area (Å²) in [5.41, 5.74) is 1.15. The monoisotopic (exact) mass is 260 g/mol. The fraction of sp³-hybridized carbons (Fsp3) is 0.533. The highest BCUT2D eigenvalue weighted by molar-refractivity contribution is 5.80. The van der Waals surface area contributed by atoms with Crippen molar-refractivity contribution in [2.45, 2.75) is 18.9 Å². The number of hydrogen-bond donors (Lipinski definition) is 1. The smallest absolute Gasteiger partial charge is 0.229 e. The molecule has 4 heteroatoms. The van der Waals surface area contributed by atoms with Crippen LogP contribution < -0.4 is 10.1 Å². The third-order valence-corrected chi connectivity index (χ3v) is 4.14. The van der Waals surface area contributed by atoms with Crippen molar-refractivity contribution < 1.29 is 9.53 Å². The van der Waals surface area contributed by atoms with E-state index < -0.39 is 0 Å². The van der Waals surface area contributed by atoms with E-state index in [9.17, 15) is 4.79 Å². The second-order valence-corrected chi connectivity index (χ2v) is 5.38. The minimum atomic E-state index is -0.0227. The lowest BCUT2D eigenvalue weighted by molar-refractivity contribution is -0.135. The summed E-state index contributed by atoms with van der Waals surface area (Å²) in [5, 5.41) is 3.24. The van der Waals surface area contributed by atoms with Gasteiger partial charge in [-0.15, -0.1) is 0 Å². The standard InChI is InChI=1S/C15H20N2O2/c1-16-13-6-7-17(9-13)15(18)12-8-11-4-2-3-5-14(11)19-10-12/h2-5,12-13,16H,6-10H2,1H3. The van der Waals surface area contributed by atoms with Crippen molar-refractivity contribution >= 4 is 5.91 Å². The highest BCUT2D eigenvalue weighted by atomic mass is 16.5. The summed E-state index contributed by atoms with van der Waals surface area (Å²) in [6.45, 7) is 2.20. The Kier molecular flexibility index (Phi) is 3.42. The van der Waals surface area contributed by atoms with E-state index in [1.54, 1.807) is 0 Å². The molecule has 1 aromatic carbocycles. The maximum absolute atomic E-state index is 12.5. The highest BCUT2D eigenvalue weighted by Crippen LogP contribution is 2.28. The molecule has 2 atom stereocenters. The summed E-state index contributed by atoms with van der Waals surface area (Å²) in [6.07, 6.45) is 1.85. The van der Waals surface area contributed by atoms with E-state index in [0.717, 1.165) is 37.2 Å². The Hall–Kier alpha value is -1.55. The fourth-order valence-electron chi connectivity index (χ4n) is 2.94. The van der Waals surface area contributed by atoms with Gasteiger partial charge < -0.3 is 15.0 Å². The van der Waals surface area contributed by atoms with Crippen LogP contribution in [0, 0.1) is 5.92 Å². The lowest BCUT2D eigenvalue weighted by Crippen LogP contribution is -2.41. The van der Waals surface area contributed by atoms with Gasteiger partial charge in [-0.1, -0.05) is 18.2 Å². The van der Waals surface area contributed by atoms with Gasteiger partial charge in [0.15, 0.2) is 0 Å². The molecule has 1 aromatic rings. The molecule has 3 rings (SSSR count). The molecule has 0 aliphatic carbocycles. The number of benzene rings is 1. The van der Waals surface area contributed by atoms with Crippen LogP contribution in [-0.4, -0.2) is 43.6 Å². The van der Waals surface area contributed by atoms with E-state index in [-0.39, 0.29) is 11.8 Å². The van der Waals surface area contributed by atoms with Gasteiger partial charge in [0.05, 0.1) is 5.92 Å². The number of rotatable bonds is 2. The van der Waals surface area contributed by atoms with Crippen LogP contribution in [0.4, 0.5) is 0 Å². The van der Waals surface area contributed by atoms with Crippen molar-refractivity contribution in [1.82, 2.24) is 10.2 Å². The summed E-state index contributed by atoms with van der Waals surface area (Å²) in [4.78, 5) is 14.5. The Morgan fingerprint density at radius 2 is 2.26 bits per heavy atom. The number of likely N-dealkylation sites (N-methyl/N-ethyl adjacent to an activating group) is 1. The first-order valence-corrected chi connectivity index (χ1v) is 6.94. The average Bonchev–Trinajstić information content (AvgIpc) is 2.95. The Morgan fingerprint density at radius 3 is 3.05 bits per heavy atom. The molecule has 4 nitrogen and oxygen atoms in total.